The van der Waals surface area contributed by atoms with Gasteiger partial charge in [0.15, 0.2) is 0 Å². The van der Waals surface area contributed by atoms with Gasteiger partial charge in [-0.05, 0) is 0 Å². The highest BCUT2D eigenvalue weighted by molar-refractivity contribution is 5.81. The highest BCUT2D eigenvalue weighted by atomic mass is 16.2. The Morgan fingerprint density at radius 3 is 2.71 bits per heavy atom. The van der Waals surface area contributed by atoms with Gasteiger partial charge in [0.05, 0.1) is 12.7 Å². The Morgan fingerprint density at radius 2 is 2.21 bits per heavy atom. The lowest BCUT2D eigenvalue weighted by Gasteiger charge is -2.17. The van der Waals surface area contributed by atoms with E-state index in [1.165, 1.54) is 0 Å². The number of amides is 1. The van der Waals surface area contributed by atoms with Crippen LogP contribution in [0.2, 0.25) is 0 Å². The zero-order valence-electron chi connectivity index (χ0n) is 8.82. The van der Waals surface area contributed by atoms with Crippen LogP contribution in [0.25, 0.3) is 0 Å². The molecule has 5 nitrogen and oxygen atoms in total. The molecule has 1 aromatic heterocycles. The van der Waals surface area contributed by atoms with Crippen LogP contribution < -0.4 is 5.32 Å². The van der Waals surface area contributed by atoms with Crippen LogP contribution in [0.5, 0.6) is 0 Å². The summed E-state index contributed by atoms with van der Waals surface area (Å²) in [6.07, 6.45) is 3.38. The molecule has 0 aromatic carbocycles. The predicted molar refractivity (Wildman–Crippen MR) is 52.5 cm³/mol. The van der Waals surface area contributed by atoms with E-state index in [2.05, 4.69) is 15.6 Å². The van der Waals surface area contributed by atoms with Crippen LogP contribution in [-0.2, 0) is 11.3 Å². The van der Waals surface area contributed by atoms with Gasteiger partial charge in [0.1, 0.15) is 0 Å². The lowest BCUT2D eigenvalue weighted by molar-refractivity contribution is -0.128. The fraction of sp³-hybridized carbons (Fsp3) is 0.667. The Hall–Kier alpha value is -1.39. The van der Waals surface area contributed by atoms with Gasteiger partial charge < -0.3 is 5.32 Å². The fourth-order valence-corrected chi connectivity index (χ4v) is 0.901. The number of carbonyl (C=O) groups excluding carboxylic acids is 1. The Labute approximate surface area is 83.5 Å². The smallest absolute Gasteiger partial charge is 0.225 e. The molecule has 0 radical (unpaired) electrons. The fourth-order valence-electron chi connectivity index (χ4n) is 0.901. The van der Waals surface area contributed by atoms with Gasteiger partial charge in [0, 0.05) is 18.2 Å². The summed E-state index contributed by atoms with van der Waals surface area (Å²) in [5.74, 6) is 0.0533. The predicted octanol–water partition coefficient (Wildman–Crippen LogP) is 0.440. The topological polar surface area (TPSA) is 59.8 Å². The average molecular weight is 196 g/mol. The third-order valence-electron chi connectivity index (χ3n) is 1.78. The van der Waals surface area contributed by atoms with Crippen molar-refractivity contribution in [3.63, 3.8) is 0 Å². The quantitative estimate of drug-likeness (QED) is 0.763. The van der Waals surface area contributed by atoms with Crippen molar-refractivity contribution in [2.24, 2.45) is 5.41 Å². The molecule has 0 saturated heterocycles. The molecule has 0 saturated carbocycles. The summed E-state index contributed by atoms with van der Waals surface area (Å²) in [7, 11) is 0. The minimum atomic E-state index is -0.331. The summed E-state index contributed by atoms with van der Waals surface area (Å²) in [5, 5.41) is 10.3. The van der Waals surface area contributed by atoms with Crippen molar-refractivity contribution in [1.82, 2.24) is 20.3 Å². The van der Waals surface area contributed by atoms with E-state index in [1.807, 2.05) is 20.8 Å². The maximum absolute atomic E-state index is 11.4. The lowest BCUT2D eigenvalue weighted by Crippen LogP contribution is -2.36. The van der Waals surface area contributed by atoms with Crippen LogP contribution in [0.3, 0.4) is 0 Å². The maximum Gasteiger partial charge on any atom is 0.225 e. The van der Waals surface area contributed by atoms with Gasteiger partial charge in [-0.1, -0.05) is 26.0 Å². The van der Waals surface area contributed by atoms with Crippen LogP contribution >= 0.6 is 0 Å². The van der Waals surface area contributed by atoms with Crippen molar-refractivity contribution < 1.29 is 4.79 Å². The highest BCUT2D eigenvalue weighted by Crippen LogP contribution is 2.11. The number of rotatable bonds is 3. The molecule has 0 unspecified atom stereocenters. The molecule has 0 spiro atoms. The first-order valence-corrected chi connectivity index (χ1v) is 4.62. The van der Waals surface area contributed by atoms with E-state index >= 15 is 0 Å². The van der Waals surface area contributed by atoms with E-state index < -0.39 is 0 Å². The lowest BCUT2D eigenvalue weighted by atomic mass is 9.96. The molecule has 5 heteroatoms. The Bertz CT molecular complexity index is 286. The molecular weight excluding hydrogens is 180 g/mol. The zero-order chi connectivity index (χ0) is 10.6. The van der Waals surface area contributed by atoms with Crippen molar-refractivity contribution in [2.75, 3.05) is 6.54 Å². The summed E-state index contributed by atoms with van der Waals surface area (Å²) in [6.45, 7) is 6.90. The first-order chi connectivity index (χ1) is 6.50. The Morgan fingerprint density at radius 1 is 1.50 bits per heavy atom. The van der Waals surface area contributed by atoms with E-state index in [0.29, 0.717) is 13.1 Å². The number of hydrogen-bond donors (Lipinski definition) is 1. The van der Waals surface area contributed by atoms with Crippen molar-refractivity contribution in [2.45, 2.75) is 27.3 Å². The summed E-state index contributed by atoms with van der Waals surface area (Å²) in [5.41, 5.74) is -0.331. The number of hydrogen-bond acceptors (Lipinski definition) is 3. The molecule has 78 valence electrons. The van der Waals surface area contributed by atoms with Crippen molar-refractivity contribution in [3.05, 3.63) is 12.4 Å². The second kappa shape index (κ2) is 4.21. The van der Waals surface area contributed by atoms with Gasteiger partial charge in [0.25, 0.3) is 0 Å². The summed E-state index contributed by atoms with van der Waals surface area (Å²) in [4.78, 5) is 11.4. The third kappa shape index (κ3) is 3.16. The third-order valence-corrected chi connectivity index (χ3v) is 1.78. The largest absolute Gasteiger partial charge is 0.354 e. The van der Waals surface area contributed by atoms with E-state index in [9.17, 15) is 4.79 Å². The normalized spacial score (nSPS) is 11.4. The number of nitrogens with zero attached hydrogens (tertiary/aromatic N) is 3. The van der Waals surface area contributed by atoms with Gasteiger partial charge in [-0.25, -0.2) is 0 Å². The van der Waals surface area contributed by atoms with Gasteiger partial charge in [0.2, 0.25) is 5.91 Å². The van der Waals surface area contributed by atoms with Crippen LogP contribution in [-0.4, -0.2) is 27.4 Å². The van der Waals surface area contributed by atoms with E-state index in [4.69, 9.17) is 0 Å². The second-order valence-electron chi connectivity index (χ2n) is 4.17. The minimum Gasteiger partial charge on any atom is -0.354 e. The molecule has 0 aliphatic rings. The molecular formula is C9H16N4O. The zero-order valence-corrected chi connectivity index (χ0v) is 8.82. The molecule has 1 aromatic rings. The van der Waals surface area contributed by atoms with Crippen LogP contribution in [0, 0.1) is 5.41 Å². The number of carbonyl (C=O) groups is 1. The summed E-state index contributed by atoms with van der Waals surface area (Å²) in [6, 6.07) is 0. The van der Waals surface area contributed by atoms with Crippen molar-refractivity contribution in [3.8, 4) is 0 Å². The molecule has 1 rings (SSSR count). The molecule has 14 heavy (non-hydrogen) atoms. The minimum absolute atomic E-state index is 0.0533. The highest BCUT2D eigenvalue weighted by Gasteiger charge is 2.20. The molecule has 0 fully saturated rings. The van der Waals surface area contributed by atoms with E-state index in [1.54, 1.807) is 17.1 Å². The van der Waals surface area contributed by atoms with E-state index in [0.717, 1.165) is 0 Å². The first kappa shape index (κ1) is 10.7. The molecule has 1 N–H and O–H groups in total. The standard InChI is InChI=1S/C9H16N4O/c1-9(2,3)8(14)10-4-6-13-7-5-11-12-13/h5,7H,4,6H2,1-3H3,(H,10,14). The van der Waals surface area contributed by atoms with Crippen LogP contribution in [0.15, 0.2) is 12.4 Å². The maximum atomic E-state index is 11.4. The summed E-state index contributed by atoms with van der Waals surface area (Å²) < 4.78 is 1.68. The molecule has 0 aliphatic heterocycles. The van der Waals surface area contributed by atoms with Crippen LogP contribution in [0.1, 0.15) is 20.8 Å². The average Bonchev–Trinajstić information content (AvgIpc) is 2.55. The van der Waals surface area contributed by atoms with Crippen molar-refractivity contribution in [1.29, 1.82) is 0 Å². The van der Waals surface area contributed by atoms with Gasteiger partial charge in [-0.3, -0.25) is 9.48 Å². The van der Waals surface area contributed by atoms with Gasteiger partial charge in [-0.2, -0.15) is 0 Å². The number of nitrogens with one attached hydrogen (secondary N) is 1. The van der Waals surface area contributed by atoms with Gasteiger partial charge in [-0.15, -0.1) is 5.10 Å². The first-order valence-electron chi connectivity index (χ1n) is 4.62. The second-order valence-corrected chi connectivity index (χ2v) is 4.17. The monoisotopic (exact) mass is 196 g/mol. The van der Waals surface area contributed by atoms with Gasteiger partial charge >= 0.3 is 0 Å². The SMILES string of the molecule is CC(C)(C)C(=O)NCCn1ccnn1. The molecule has 0 bridgehead atoms. The number of aromatic nitrogens is 3. The Kier molecular flexibility index (Phi) is 3.22. The summed E-state index contributed by atoms with van der Waals surface area (Å²) >= 11 is 0. The Balaban J connectivity index is 2.26. The van der Waals surface area contributed by atoms with Crippen LogP contribution in [0.4, 0.5) is 0 Å². The molecule has 0 aliphatic carbocycles. The molecule has 1 heterocycles. The molecule has 1 amide bonds. The van der Waals surface area contributed by atoms with Crippen molar-refractivity contribution >= 4 is 5.91 Å². The molecule has 0 atom stereocenters. The van der Waals surface area contributed by atoms with E-state index in [-0.39, 0.29) is 11.3 Å².